The Morgan fingerprint density at radius 1 is 0.737 bits per heavy atom. The second-order valence-corrected chi connectivity index (χ2v) is 10.7. The highest BCUT2D eigenvalue weighted by atomic mass is 35.5. The predicted molar refractivity (Wildman–Crippen MR) is 149 cm³/mol. The first kappa shape index (κ1) is 28.3. The Morgan fingerprint density at radius 2 is 1.29 bits per heavy atom. The van der Waals surface area contributed by atoms with Gasteiger partial charge in [0.15, 0.2) is 11.5 Å². The molecule has 2 fully saturated rings. The van der Waals surface area contributed by atoms with Crippen LogP contribution in [0.3, 0.4) is 0 Å². The number of aliphatic hydroxyl groups is 1. The first-order valence-corrected chi connectivity index (χ1v) is 13.6. The summed E-state index contributed by atoms with van der Waals surface area (Å²) in [5.74, 6) is -0.271. The zero-order chi connectivity index (χ0) is 25.7. The SMILES string of the molecule is Cl.O=C1C=CC(=O)C(OCC(OCC(O)(c2ccccc2)C2CCCC2)(c2ccccc2)C2CCCC2)=C1. The molecule has 0 amide bonds. The summed E-state index contributed by atoms with van der Waals surface area (Å²) >= 11 is 0. The Hall–Kier alpha value is -2.73. The average molecular weight is 537 g/mol. The van der Waals surface area contributed by atoms with Crippen molar-refractivity contribution in [2.45, 2.75) is 62.6 Å². The fraction of sp³-hybridized carbons (Fsp3) is 0.438. The molecule has 6 heteroatoms. The highest BCUT2D eigenvalue weighted by Gasteiger charge is 2.48. The van der Waals surface area contributed by atoms with E-state index in [2.05, 4.69) is 0 Å². The van der Waals surface area contributed by atoms with Crippen LogP contribution < -0.4 is 0 Å². The maximum Gasteiger partial charge on any atom is 0.220 e. The molecule has 0 saturated heterocycles. The summed E-state index contributed by atoms with van der Waals surface area (Å²) in [7, 11) is 0. The number of hydrogen-bond donors (Lipinski definition) is 1. The van der Waals surface area contributed by atoms with E-state index in [0.717, 1.165) is 62.5 Å². The van der Waals surface area contributed by atoms with Gasteiger partial charge in [-0.25, -0.2) is 0 Å². The van der Waals surface area contributed by atoms with Crippen molar-refractivity contribution in [1.29, 1.82) is 0 Å². The van der Waals surface area contributed by atoms with E-state index in [1.807, 2.05) is 60.7 Å². The second kappa shape index (κ2) is 12.4. The van der Waals surface area contributed by atoms with Gasteiger partial charge >= 0.3 is 0 Å². The van der Waals surface area contributed by atoms with Crippen LogP contribution >= 0.6 is 12.4 Å². The van der Waals surface area contributed by atoms with E-state index in [9.17, 15) is 14.7 Å². The lowest BCUT2D eigenvalue weighted by molar-refractivity contribution is -0.186. The van der Waals surface area contributed by atoms with Crippen LogP contribution in [-0.4, -0.2) is 29.9 Å². The van der Waals surface area contributed by atoms with Gasteiger partial charge in [-0.05, 0) is 60.8 Å². The molecule has 2 unspecified atom stereocenters. The van der Waals surface area contributed by atoms with Gasteiger partial charge in [-0.15, -0.1) is 12.4 Å². The molecule has 0 spiro atoms. The summed E-state index contributed by atoms with van der Waals surface area (Å²) < 4.78 is 13.1. The third-order valence-corrected chi connectivity index (χ3v) is 8.49. The Balaban J connectivity index is 0.00000336. The Morgan fingerprint density at radius 3 is 1.89 bits per heavy atom. The molecule has 202 valence electrons. The lowest BCUT2D eigenvalue weighted by Gasteiger charge is -2.43. The molecule has 3 aliphatic carbocycles. The first-order valence-electron chi connectivity index (χ1n) is 13.6. The molecular formula is C32H37ClO5. The molecule has 0 aromatic heterocycles. The Kier molecular flexibility index (Phi) is 9.24. The summed E-state index contributed by atoms with van der Waals surface area (Å²) in [5, 5.41) is 12.2. The van der Waals surface area contributed by atoms with Gasteiger partial charge in [0, 0.05) is 6.08 Å². The van der Waals surface area contributed by atoms with E-state index in [1.54, 1.807) is 0 Å². The molecule has 2 saturated carbocycles. The minimum Gasteiger partial charge on any atom is -0.486 e. The van der Waals surface area contributed by atoms with Crippen LogP contribution in [0.1, 0.15) is 62.5 Å². The van der Waals surface area contributed by atoms with Gasteiger partial charge in [-0.3, -0.25) is 9.59 Å². The van der Waals surface area contributed by atoms with Gasteiger partial charge in [0.25, 0.3) is 0 Å². The molecule has 5 rings (SSSR count). The monoisotopic (exact) mass is 536 g/mol. The van der Waals surface area contributed by atoms with Gasteiger partial charge < -0.3 is 14.6 Å². The van der Waals surface area contributed by atoms with Crippen molar-refractivity contribution in [2.24, 2.45) is 11.8 Å². The van der Waals surface area contributed by atoms with E-state index < -0.39 is 11.2 Å². The molecule has 2 aromatic rings. The number of rotatable bonds is 10. The topological polar surface area (TPSA) is 72.8 Å². The van der Waals surface area contributed by atoms with Crippen molar-refractivity contribution in [1.82, 2.24) is 0 Å². The minimum absolute atomic E-state index is 0. The number of hydrogen-bond acceptors (Lipinski definition) is 5. The zero-order valence-electron chi connectivity index (χ0n) is 21.7. The second-order valence-electron chi connectivity index (χ2n) is 10.7. The van der Waals surface area contributed by atoms with Gasteiger partial charge in [0.1, 0.15) is 17.8 Å². The average Bonchev–Trinajstić information content (AvgIpc) is 3.67. The highest BCUT2D eigenvalue weighted by Crippen LogP contribution is 2.47. The van der Waals surface area contributed by atoms with E-state index in [-0.39, 0.29) is 54.8 Å². The number of benzene rings is 2. The van der Waals surface area contributed by atoms with Crippen molar-refractivity contribution >= 4 is 24.0 Å². The van der Waals surface area contributed by atoms with Crippen LogP contribution in [-0.2, 0) is 30.3 Å². The number of halogens is 1. The first-order chi connectivity index (χ1) is 18.0. The van der Waals surface area contributed by atoms with Crippen LogP contribution in [0.4, 0.5) is 0 Å². The molecule has 2 aromatic carbocycles. The fourth-order valence-electron chi connectivity index (χ4n) is 6.38. The third kappa shape index (κ3) is 5.80. The minimum atomic E-state index is -1.13. The summed E-state index contributed by atoms with van der Waals surface area (Å²) in [5.41, 5.74) is -0.161. The summed E-state index contributed by atoms with van der Waals surface area (Å²) in [6.45, 7) is 0.220. The van der Waals surface area contributed by atoms with Gasteiger partial charge in [-0.1, -0.05) is 86.3 Å². The number of ether oxygens (including phenoxy) is 2. The molecule has 1 N–H and O–H groups in total. The molecule has 3 aliphatic rings. The van der Waals surface area contributed by atoms with Crippen LogP contribution in [0.25, 0.3) is 0 Å². The largest absolute Gasteiger partial charge is 0.486 e. The number of carbonyl (C=O) groups is 2. The van der Waals surface area contributed by atoms with Crippen LogP contribution in [0.5, 0.6) is 0 Å². The van der Waals surface area contributed by atoms with E-state index >= 15 is 0 Å². The van der Waals surface area contributed by atoms with Gasteiger partial charge in [-0.2, -0.15) is 0 Å². The van der Waals surface area contributed by atoms with Crippen molar-refractivity contribution in [3.63, 3.8) is 0 Å². The van der Waals surface area contributed by atoms with Crippen molar-refractivity contribution in [2.75, 3.05) is 13.2 Å². The maximum atomic E-state index is 12.5. The van der Waals surface area contributed by atoms with Crippen LogP contribution in [0.15, 0.2) is 84.7 Å². The lowest BCUT2D eigenvalue weighted by Crippen LogP contribution is -2.47. The summed E-state index contributed by atoms with van der Waals surface area (Å²) in [4.78, 5) is 24.4. The van der Waals surface area contributed by atoms with Crippen LogP contribution in [0.2, 0.25) is 0 Å². The van der Waals surface area contributed by atoms with Crippen molar-refractivity contribution in [3.05, 3.63) is 95.8 Å². The molecule has 0 bridgehead atoms. The Bertz CT molecular complexity index is 1150. The quantitative estimate of drug-likeness (QED) is 0.366. The van der Waals surface area contributed by atoms with Gasteiger partial charge in [0.2, 0.25) is 5.78 Å². The maximum absolute atomic E-state index is 12.5. The standard InChI is InChI=1S/C32H36O5.ClH/c33-28-19-20-29(34)30(21-28)36-23-32(27-17-9-10-18-27,26-15-5-2-6-16-26)37-22-31(35,25-13-7-8-14-25)24-11-3-1-4-12-24;/h1-6,11-12,15-16,19-21,25,27,35H,7-10,13-14,17-18,22-23H2;1H. The van der Waals surface area contributed by atoms with Crippen LogP contribution in [0, 0.1) is 11.8 Å². The molecule has 0 heterocycles. The zero-order valence-corrected chi connectivity index (χ0v) is 22.5. The summed E-state index contributed by atoms with van der Waals surface area (Å²) in [6.07, 6.45) is 12.0. The third-order valence-electron chi connectivity index (χ3n) is 8.49. The van der Waals surface area contributed by atoms with Crippen molar-refractivity contribution in [3.8, 4) is 0 Å². The molecule has 38 heavy (non-hydrogen) atoms. The number of carbonyl (C=O) groups excluding carboxylic acids is 2. The molecule has 0 radical (unpaired) electrons. The molecule has 5 nitrogen and oxygen atoms in total. The van der Waals surface area contributed by atoms with Gasteiger partial charge in [0.05, 0.1) is 6.61 Å². The van der Waals surface area contributed by atoms with Crippen molar-refractivity contribution < 1.29 is 24.2 Å². The normalized spacial score (nSPS) is 21.4. The predicted octanol–water partition coefficient (Wildman–Crippen LogP) is 6.20. The van der Waals surface area contributed by atoms with E-state index in [4.69, 9.17) is 9.47 Å². The van der Waals surface area contributed by atoms with E-state index in [0.29, 0.717) is 0 Å². The molecule has 0 aliphatic heterocycles. The smallest absolute Gasteiger partial charge is 0.220 e. The molecular weight excluding hydrogens is 500 g/mol. The van der Waals surface area contributed by atoms with E-state index in [1.165, 1.54) is 18.2 Å². The number of ketones is 2. The highest BCUT2D eigenvalue weighted by molar-refractivity contribution is 6.16. The Labute approximate surface area is 231 Å². The molecule has 2 atom stereocenters. The number of allylic oxidation sites excluding steroid dienone is 3. The fourth-order valence-corrected chi connectivity index (χ4v) is 6.38. The lowest BCUT2D eigenvalue weighted by atomic mass is 9.78. The summed E-state index contributed by atoms with van der Waals surface area (Å²) in [6, 6.07) is 19.9.